The summed E-state index contributed by atoms with van der Waals surface area (Å²) in [6.07, 6.45) is 0. The highest BCUT2D eigenvalue weighted by atomic mass is 14.2. The maximum absolute atomic E-state index is 2.27. The quantitative estimate of drug-likeness (QED) is 0.562. The van der Waals surface area contributed by atoms with Gasteiger partial charge in [0, 0.05) is 0 Å². The van der Waals surface area contributed by atoms with E-state index in [1.807, 2.05) is 13.8 Å². The van der Waals surface area contributed by atoms with E-state index in [1.54, 1.807) is 0 Å². The predicted octanol–water partition coefficient (Wildman–Crippen LogP) is 4.63. The molecule has 14 heavy (non-hydrogen) atoms. The van der Waals surface area contributed by atoms with Crippen molar-refractivity contribution >= 4 is 0 Å². The van der Waals surface area contributed by atoms with Crippen LogP contribution in [0.4, 0.5) is 0 Å². The zero-order valence-electron chi connectivity index (χ0n) is 10.7. The molecule has 0 aromatic heterocycles. The molecule has 0 amide bonds. The van der Waals surface area contributed by atoms with Gasteiger partial charge >= 0.3 is 0 Å². The number of aryl methyl sites for hydroxylation is 2. The minimum absolute atomic E-state index is 0.273. The van der Waals surface area contributed by atoms with E-state index >= 15 is 0 Å². The predicted molar refractivity (Wildman–Crippen MR) is 66.0 cm³/mol. The van der Waals surface area contributed by atoms with E-state index in [1.165, 1.54) is 16.7 Å². The molecule has 0 aliphatic rings. The molecule has 0 nitrogen and oxygen atoms in total. The Balaban J connectivity index is 0.000000791. The molecule has 0 radical (unpaired) electrons. The molecular weight excluding hydrogens is 168 g/mol. The van der Waals surface area contributed by atoms with E-state index in [4.69, 9.17) is 0 Å². The fraction of sp³-hybridized carbons (Fsp3) is 0.571. The van der Waals surface area contributed by atoms with Crippen LogP contribution in [-0.4, -0.2) is 0 Å². The lowest BCUT2D eigenvalue weighted by atomic mass is 9.81. The summed E-state index contributed by atoms with van der Waals surface area (Å²) in [5.74, 6) is 0. The van der Waals surface area contributed by atoms with E-state index in [0.29, 0.717) is 0 Å². The van der Waals surface area contributed by atoms with Crippen LogP contribution in [-0.2, 0) is 5.41 Å². The maximum atomic E-state index is 2.27. The van der Waals surface area contributed by atoms with Gasteiger partial charge in [0.05, 0.1) is 0 Å². The van der Waals surface area contributed by atoms with Gasteiger partial charge in [-0.3, -0.25) is 0 Å². The standard InChI is InChI=1S/C12H18.C2H6/c1-9-7-6-8-10(2)11(9)12(3,4)5;1-2/h6-8H,1-5H3;1-2H3. The Morgan fingerprint density at radius 1 is 0.857 bits per heavy atom. The number of benzene rings is 1. The second-order valence-corrected chi connectivity index (χ2v) is 4.52. The molecule has 0 heteroatoms. The van der Waals surface area contributed by atoms with Crippen LogP contribution in [0.2, 0.25) is 0 Å². The smallest absolute Gasteiger partial charge is 0.0127 e. The van der Waals surface area contributed by atoms with Gasteiger partial charge in [-0.1, -0.05) is 52.8 Å². The van der Waals surface area contributed by atoms with Crippen molar-refractivity contribution in [2.75, 3.05) is 0 Å². The molecule has 0 bridgehead atoms. The van der Waals surface area contributed by atoms with Crippen LogP contribution in [0.1, 0.15) is 51.3 Å². The Morgan fingerprint density at radius 2 is 1.21 bits per heavy atom. The molecule has 0 saturated heterocycles. The number of rotatable bonds is 0. The van der Waals surface area contributed by atoms with Gasteiger partial charge in [0.1, 0.15) is 0 Å². The maximum Gasteiger partial charge on any atom is -0.0127 e. The highest BCUT2D eigenvalue weighted by molar-refractivity contribution is 5.38. The molecule has 0 saturated carbocycles. The highest BCUT2D eigenvalue weighted by Crippen LogP contribution is 2.28. The lowest BCUT2D eigenvalue weighted by molar-refractivity contribution is 0.582. The third kappa shape index (κ3) is 3.17. The van der Waals surface area contributed by atoms with Gasteiger partial charge in [0.2, 0.25) is 0 Å². The van der Waals surface area contributed by atoms with Gasteiger partial charge in [-0.25, -0.2) is 0 Å². The van der Waals surface area contributed by atoms with Gasteiger partial charge in [-0.2, -0.15) is 0 Å². The first-order valence-corrected chi connectivity index (χ1v) is 5.49. The molecule has 80 valence electrons. The molecular formula is C14H24. The third-order valence-electron chi connectivity index (χ3n) is 2.23. The zero-order chi connectivity index (χ0) is 11.4. The van der Waals surface area contributed by atoms with Crippen molar-refractivity contribution in [3.63, 3.8) is 0 Å². The van der Waals surface area contributed by atoms with Crippen LogP contribution in [0.25, 0.3) is 0 Å². The molecule has 0 unspecified atom stereocenters. The van der Waals surface area contributed by atoms with Crippen LogP contribution in [0.3, 0.4) is 0 Å². The second-order valence-electron chi connectivity index (χ2n) is 4.52. The first-order valence-electron chi connectivity index (χ1n) is 5.49. The summed E-state index contributed by atoms with van der Waals surface area (Å²) < 4.78 is 0. The normalized spacial score (nSPS) is 10.5. The molecule has 0 N–H and O–H groups in total. The summed E-state index contributed by atoms with van der Waals surface area (Å²) in [7, 11) is 0. The topological polar surface area (TPSA) is 0 Å². The van der Waals surface area contributed by atoms with E-state index in [2.05, 4.69) is 52.8 Å². The lowest BCUT2D eigenvalue weighted by Gasteiger charge is -2.23. The minimum atomic E-state index is 0.273. The van der Waals surface area contributed by atoms with Crippen molar-refractivity contribution < 1.29 is 0 Å². The molecule has 0 spiro atoms. The van der Waals surface area contributed by atoms with Crippen molar-refractivity contribution in [2.24, 2.45) is 0 Å². The SMILES string of the molecule is CC.Cc1cccc(C)c1C(C)(C)C. The average Bonchev–Trinajstić information content (AvgIpc) is 2.05. The highest BCUT2D eigenvalue weighted by Gasteiger charge is 2.17. The minimum Gasteiger partial charge on any atom is -0.0683 e. The van der Waals surface area contributed by atoms with Gasteiger partial charge in [0.25, 0.3) is 0 Å². The van der Waals surface area contributed by atoms with E-state index in [-0.39, 0.29) is 5.41 Å². The fourth-order valence-corrected chi connectivity index (χ4v) is 2.00. The zero-order valence-corrected chi connectivity index (χ0v) is 10.7. The lowest BCUT2D eigenvalue weighted by Crippen LogP contribution is -2.14. The monoisotopic (exact) mass is 192 g/mol. The third-order valence-corrected chi connectivity index (χ3v) is 2.23. The van der Waals surface area contributed by atoms with Gasteiger partial charge in [-0.05, 0) is 36.0 Å². The largest absolute Gasteiger partial charge is 0.0683 e. The van der Waals surface area contributed by atoms with E-state index in [0.717, 1.165) is 0 Å². The Hall–Kier alpha value is -0.780. The fourth-order valence-electron chi connectivity index (χ4n) is 2.00. The van der Waals surface area contributed by atoms with Gasteiger partial charge in [-0.15, -0.1) is 0 Å². The van der Waals surface area contributed by atoms with Crippen molar-refractivity contribution in [1.29, 1.82) is 0 Å². The van der Waals surface area contributed by atoms with Crippen molar-refractivity contribution in [3.05, 3.63) is 34.9 Å². The average molecular weight is 192 g/mol. The van der Waals surface area contributed by atoms with Gasteiger partial charge in [0.15, 0.2) is 0 Å². The van der Waals surface area contributed by atoms with Crippen LogP contribution < -0.4 is 0 Å². The van der Waals surface area contributed by atoms with Crippen LogP contribution in [0, 0.1) is 13.8 Å². The first kappa shape index (κ1) is 13.2. The molecule has 1 rings (SSSR count). The number of hydrogen-bond donors (Lipinski definition) is 0. The molecule has 0 fully saturated rings. The van der Waals surface area contributed by atoms with E-state index in [9.17, 15) is 0 Å². The van der Waals surface area contributed by atoms with Crippen LogP contribution in [0.15, 0.2) is 18.2 Å². The van der Waals surface area contributed by atoms with Crippen LogP contribution >= 0.6 is 0 Å². The number of hydrogen-bond acceptors (Lipinski definition) is 0. The van der Waals surface area contributed by atoms with Crippen molar-refractivity contribution in [2.45, 2.75) is 53.9 Å². The summed E-state index contributed by atoms with van der Waals surface area (Å²) >= 11 is 0. The molecule has 1 aromatic rings. The molecule has 1 aromatic carbocycles. The Kier molecular flexibility index (Phi) is 4.90. The summed E-state index contributed by atoms with van der Waals surface area (Å²) in [5.41, 5.74) is 4.57. The summed E-state index contributed by atoms with van der Waals surface area (Å²) in [5, 5.41) is 0. The summed E-state index contributed by atoms with van der Waals surface area (Å²) in [6, 6.07) is 6.50. The Labute approximate surface area is 89.4 Å². The van der Waals surface area contributed by atoms with Crippen molar-refractivity contribution in [1.82, 2.24) is 0 Å². The summed E-state index contributed by atoms with van der Waals surface area (Å²) in [4.78, 5) is 0. The summed E-state index contributed by atoms with van der Waals surface area (Å²) in [6.45, 7) is 15.2. The Bertz CT molecular complexity index is 256. The van der Waals surface area contributed by atoms with Crippen molar-refractivity contribution in [3.8, 4) is 0 Å². The van der Waals surface area contributed by atoms with Crippen LogP contribution in [0.5, 0.6) is 0 Å². The molecule has 0 aliphatic heterocycles. The molecule has 0 atom stereocenters. The van der Waals surface area contributed by atoms with Gasteiger partial charge < -0.3 is 0 Å². The Morgan fingerprint density at radius 3 is 1.43 bits per heavy atom. The molecule has 0 aliphatic carbocycles. The molecule has 0 heterocycles. The second kappa shape index (κ2) is 5.19. The first-order chi connectivity index (χ1) is 6.43. The van der Waals surface area contributed by atoms with E-state index < -0.39 is 0 Å².